The Morgan fingerprint density at radius 2 is 2.07 bits per heavy atom. The first-order valence-corrected chi connectivity index (χ1v) is 9.96. The highest BCUT2D eigenvalue weighted by Crippen LogP contribution is 2.34. The number of rotatable bonds is 5. The molecule has 0 saturated carbocycles. The van der Waals surface area contributed by atoms with Crippen LogP contribution in [0.5, 0.6) is 0 Å². The van der Waals surface area contributed by atoms with Gasteiger partial charge in [-0.3, -0.25) is 4.79 Å². The molecular weight excluding hydrogens is 395 g/mol. The van der Waals surface area contributed by atoms with Gasteiger partial charge in [-0.15, -0.1) is 0 Å². The number of halogens is 3. The fraction of sp³-hybridized carbons (Fsp3) is 0.476. The van der Waals surface area contributed by atoms with Gasteiger partial charge in [0.15, 0.2) is 0 Å². The predicted molar refractivity (Wildman–Crippen MR) is 114 cm³/mol. The van der Waals surface area contributed by atoms with E-state index in [-0.39, 0.29) is 26.3 Å². The number of carbonyl (C=O) groups excluding carboxylic acids is 1. The number of ketones is 1. The first-order valence-electron chi connectivity index (χ1n) is 9.96. The van der Waals surface area contributed by atoms with E-state index in [2.05, 4.69) is 36.1 Å². The maximum atomic E-state index is 13.6. The monoisotopic (exact) mass is 425 g/mol. The number of carbonyl (C=O) groups is 1. The van der Waals surface area contributed by atoms with E-state index in [9.17, 15) is 18.0 Å². The van der Waals surface area contributed by atoms with Crippen molar-refractivity contribution in [3.63, 3.8) is 0 Å². The standard InChI is InChI=1S/C21H26F3N5O.2H2/c1-4-13-10-29(11-16(27-13)12(2)3)17-8-7-15(21(22,23)24)18(28-17)19(30)14-6-5-9-26-20(14)25;;/h5-9,12-13,16,27H,4,10-11H2,1-3H3,(H2,25,26);2*1H/t13-,16-;;/m1../s1. The summed E-state index contributed by atoms with van der Waals surface area (Å²) >= 11 is 0. The lowest BCUT2D eigenvalue weighted by atomic mass is 9.98. The van der Waals surface area contributed by atoms with Crippen molar-refractivity contribution in [2.24, 2.45) is 5.92 Å². The molecule has 0 radical (unpaired) electrons. The van der Waals surface area contributed by atoms with Gasteiger partial charge in [-0.05, 0) is 36.6 Å². The normalized spacial score (nSPS) is 19.9. The van der Waals surface area contributed by atoms with Gasteiger partial charge < -0.3 is 16.0 Å². The maximum absolute atomic E-state index is 13.6. The molecule has 0 unspecified atom stereocenters. The Hall–Kier alpha value is -2.68. The van der Waals surface area contributed by atoms with Crippen LogP contribution in [0.4, 0.5) is 24.8 Å². The summed E-state index contributed by atoms with van der Waals surface area (Å²) in [6.07, 6.45) is -2.47. The van der Waals surface area contributed by atoms with Gasteiger partial charge in [0.2, 0.25) is 5.78 Å². The number of anilines is 2. The Balaban J connectivity index is 0.00000256. The fourth-order valence-corrected chi connectivity index (χ4v) is 3.59. The summed E-state index contributed by atoms with van der Waals surface area (Å²) in [7, 11) is 0. The second-order valence-electron chi connectivity index (χ2n) is 7.86. The van der Waals surface area contributed by atoms with E-state index in [0.29, 0.717) is 24.8 Å². The van der Waals surface area contributed by atoms with Crippen LogP contribution in [-0.4, -0.2) is 40.9 Å². The van der Waals surface area contributed by atoms with Crippen molar-refractivity contribution >= 4 is 17.4 Å². The number of aromatic nitrogens is 2. The number of nitrogens with two attached hydrogens (primary N) is 1. The molecule has 0 aliphatic carbocycles. The van der Waals surface area contributed by atoms with E-state index in [1.165, 1.54) is 24.4 Å². The second-order valence-corrected chi connectivity index (χ2v) is 7.86. The number of alkyl halides is 3. The molecule has 3 N–H and O–H groups in total. The molecule has 1 aliphatic heterocycles. The van der Waals surface area contributed by atoms with Crippen LogP contribution in [0.1, 0.15) is 51.7 Å². The van der Waals surface area contributed by atoms with E-state index in [4.69, 9.17) is 5.73 Å². The Kier molecular flexibility index (Phi) is 6.30. The molecule has 0 bridgehead atoms. The third-order valence-electron chi connectivity index (χ3n) is 5.41. The molecule has 0 spiro atoms. The van der Waals surface area contributed by atoms with Crippen LogP contribution < -0.4 is 16.0 Å². The van der Waals surface area contributed by atoms with E-state index in [0.717, 1.165) is 12.5 Å². The molecule has 1 fully saturated rings. The minimum Gasteiger partial charge on any atom is -0.383 e. The topological polar surface area (TPSA) is 84.1 Å². The molecule has 9 heteroatoms. The van der Waals surface area contributed by atoms with Crippen LogP contribution >= 0.6 is 0 Å². The van der Waals surface area contributed by atoms with Crippen LogP contribution in [-0.2, 0) is 6.18 Å². The number of piperazine rings is 1. The lowest BCUT2D eigenvalue weighted by molar-refractivity contribution is -0.138. The number of nitrogens with zero attached hydrogens (tertiary/aromatic N) is 3. The SMILES string of the molecule is CC[C@@H]1CN(c2ccc(C(F)(F)F)c(C(=O)c3cccnc3N)n2)C[C@H](C(C)C)N1.[HH].[HH]. The van der Waals surface area contributed by atoms with Crippen molar-refractivity contribution in [3.05, 3.63) is 47.3 Å². The first kappa shape index (κ1) is 22.0. The third-order valence-corrected chi connectivity index (χ3v) is 5.41. The molecule has 2 atom stereocenters. The zero-order chi connectivity index (χ0) is 22.1. The van der Waals surface area contributed by atoms with Crippen LogP contribution in [0, 0.1) is 5.92 Å². The van der Waals surface area contributed by atoms with Crippen LogP contribution in [0.2, 0.25) is 0 Å². The van der Waals surface area contributed by atoms with Gasteiger partial charge in [-0.1, -0.05) is 20.8 Å². The summed E-state index contributed by atoms with van der Waals surface area (Å²) in [6.45, 7) is 7.43. The summed E-state index contributed by atoms with van der Waals surface area (Å²) in [4.78, 5) is 22.9. The number of pyridine rings is 2. The molecular formula is C21H30F3N5O. The Morgan fingerprint density at radius 1 is 1.33 bits per heavy atom. The molecule has 166 valence electrons. The van der Waals surface area contributed by atoms with Crippen molar-refractivity contribution in [3.8, 4) is 0 Å². The quantitative estimate of drug-likeness (QED) is 0.704. The Morgan fingerprint density at radius 3 is 2.67 bits per heavy atom. The molecule has 0 aromatic carbocycles. The van der Waals surface area contributed by atoms with Crippen molar-refractivity contribution in [1.29, 1.82) is 0 Å². The van der Waals surface area contributed by atoms with E-state index in [1.54, 1.807) is 0 Å². The summed E-state index contributed by atoms with van der Waals surface area (Å²) in [5, 5.41) is 3.57. The van der Waals surface area contributed by atoms with Crippen molar-refractivity contribution in [2.45, 2.75) is 45.5 Å². The van der Waals surface area contributed by atoms with Crippen LogP contribution in [0.25, 0.3) is 0 Å². The Bertz CT molecular complexity index is 927. The lowest BCUT2D eigenvalue weighted by Crippen LogP contribution is -2.58. The molecule has 0 amide bonds. The average Bonchev–Trinajstić information content (AvgIpc) is 2.72. The van der Waals surface area contributed by atoms with E-state index < -0.39 is 23.2 Å². The first-order chi connectivity index (χ1) is 14.1. The highest BCUT2D eigenvalue weighted by atomic mass is 19.4. The highest BCUT2D eigenvalue weighted by molar-refractivity contribution is 6.11. The molecule has 2 aromatic heterocycles. The molecule has 1 aliphatic rings. The van der Waals surface area contributed by atoms with Crippen LogP contribution in [0.15, 0.2) is 30.5 Å². The molecule has 3 heterocycles. The fourth-order valence-electron chi connectivity index (χ4n) is 3.59. The summed E-state index contributed by atoms with van der Waals surface area (Å²) < 4.78 is 40.9. The smallest absolute Gasteiger partial charge is 0.383 e. The zero-order valence-electron chi connectivity index (χ0n) is 17.2. The minimum absolute atomic E-state index is 0. The Labute approximate surface area is 176 Å². The van der Waals surface area contributed by atoms with Gasteiger partial charge in [-0.25, -0.2) is 9.97 Å². The number of nitrogen functional groups attached to an aromatic ring is 1. The highest BCUT2D eigenvalue weighted by Gasteiger charge is 2.38. The second kappa shape index (κ2) is 8.59. The van der Waals surface area contributed by atoms with Gasteiger partial charge in [-0.2, -0.15) is 13.2 Å². The predicted octanol–water partition coefficient (Wildman–Crippen LogP) is 4.01. The number of nitrogens with one attached hydrogen (secondary N) is 1. The van der Waals surface area contributed by atoms with Gasteiger partial charge >= 0.3 is 6.18 Å². The van der Waals surface area contributed by atoms with Gasteiger partial charge in [0.05, 0.1) is 11.1 Å². The summed E-state index contributed by atoms with van der Waals surface area (Å²) in [5.41, 5.74) is 3.89. The lowest BCUT2D eigenvalue weighted by Gasteiger charge is -2.41. The van der Waals surface area contributed by atoms with E-state index >= 15 is 0 Å². The summed E-state index contributed by atoms with van der Waals surface area (Å²) in [5.74, 6) is -0.333. The van der Waals surface area contributed by atoms with Crippen molar-refractivity contribution in [1.82, 2.24) is 15.3 Å². The van der Waals surface area contributed by atoms with E-state index in [1.807, 2.05) is 4.90 Å². The van der Waals surface area contributed by atoms with Gasteiger partial charge in [0.1, 0.15) is 17.3 Å². The molecule has 3 rings (SSSR count). The average molecular weight is 425 g/mol. The number of hydrogen-bond donors (Lipinski definition) is 2. The van der Waals surface area contributed by atoms with Crippen molar-refractivity contribution < 1.29 is 20.8 Å². The summed E-state index contributed by atoms with van der Waals surface area (Å²) in [6, 6.07) is 5.42. The van der Waals surface area contributed by atoms with Gasteiger partial charge in [0.25, 0.3) is 0 Å². The van der Waals surface area contributed by atoms with Crippen LogP contribution in [0.3, 0.4) is 0 Å². The zero-order valence-corrected chi connectivity index (χ0v) is 17.2. The molecule has 30 heavy (non-hydrogen) atoms. The molecule has 6 nitrogen and oxygen atoms in total. The minimum atomic E-state index is -4.72. The largest absolute Gasteiger partial charge is 0.418 e. The maximum Gasteiger partial charge on any atom is 0.418 e. The third kappa shape index (κ3) is 4.56. The van der Waals surface area contributed by atoms with Gasteiger partial charge in [0, 0.05) is 34.2 Å². The molecule has 1 saturated heterocycles. The van der Waals surface area contributed by atoms with Crippen molar-refractivity contribution in [2.75, 3.05) is 23.7 Å². The molecule has 2 aromatic rings. The number of hydrogen-bond acceptors (Lipinski definition) is 6.